The molecule has 25 heavy (non-hydrogen) atoms. The van der Waals surface area contributed by atoms with Crippen molar-refractivity contribution >= 4 is 41.5 Å². The van der Waals surface area contributed by atoms with Gasteiger partial charge in [-0.3, -0.25) is 4.79 Å². The van der Waals surface area contributed by atoms with Crippen LogP contribution in [0.15, 0.2) is 29.3 Å². The van der Waals surface area contributed by atoms with Gasteiger partial charge in [0.25, 0.3) is 6.43 Å². The van der Waals surface area contributed by atoms with Gasteiger partial charge in [-0.25, -0.2) is 18.2 Å². The SMILES string of the molecule is I.NC(=NCC(=O)NCC(F)F)N1CCN(c2ccc(F)cc2)CC1. The van der Waals surface area contributed by atoms with Crippen molar-refractivity contribution in [2.45, 2.75) is 6.43 Å². The molecule has 2 rings (SSSR count). The van der Waals surface area contributed by atoms with Crippen LogP contribution >= 0.6 is 24.0 Å². The van der Waals surface area contributed by atoms with Gasteiger partial charge in [0, 0.05) is 31.9 Å². The van der Waals surface area contributed by atoms with Crippen LogP contribution in [-0.4, -0.2) is 62.5 Å². The second kappa shape index (κ2) is 10.3. The van der Waals surface area contributed by atoms with Crippen molar-refractivity contribution in [1.29, 1.82) is 0 Å². The van der Waals surface area contributed by atoms with E-state index < -0.39 is 18.9 Å². The predicted molar refractivity (Wildman–Crippen MR) is 101 cm³/mol. The molecule has 1 saturated heterocycles. The average Bonchev–Trinajstić information content (AvgIpc) is 2.58. The van der Waals surface area contributed by atoms with E-state index in [-0.39, 0.29) is 42.3 Å². The Labute approximate surface area is 161 Å². The van der Waals surface area contributed by atoms with Crippen LogP contribution in [0.5, 0.6) is 0 Å². The fourth-order valence-corrected chi connectivity index (χ4v) is 2.35. The van der Waals surface area contributed by atoms with Crippen LogP contribution in [0, 0.1) is 5.82 Å². The lowest BCUT2D eigenvalue weighted by Crippen LogP contribution is -2.51. The molecule has 140 valence electrons. The summed E-state index contributed by atoms with van der Waals surface area (Å²) in [4.78, 5) is 19.2. The Balaban J connectivity index is 0.00000312. The number of halogens is 4. The van der Waals surface area contributed by atoms with Crippen molar-refractivity contribution in [3.63, 3.8) is 0 Å². The zero-order chi connectivity index (χ0) is 17.5. The van der Waals surface area contributed by atoms with Crippen LogP contribution in [0.3, 0.4) is 0 Å². The van der Waals surface area contributed by atoms with Gasteiger partial charge in [-0.05, 0) is 24.3 Å². The number of benzene rings is 1. The molecule has 0 bridgehead atoms. The second-order valence-electron chi connectivity index (χ2n) is 5.32. The van der Waals surface area contributed by atoms with Gasteiger partial charge in [-0.2, -0.15) is 0 Å². The Morgan fingerprint density at radius 1 is 1.20 bits per heavy atom. The Kier molecular flexibility index (Phi) is 8.79. The molecule has 1 aliphatic rings. The number of carbonyl (C=O) groups excluding carboxylic acids is 1. The number of aliphatic imine (C=N–C) groups is 1. The first kappa shape index (κ1) is 21.3. The topological polar surface area (TPSA) is 74.0 Å². The minimum Gasteiger partial charge on any atom is -0.370 e. The smallest absolute Gasteiger partial charge is 0.255 e. The standard InChI is InChI=1S/C15H20F3N5O.HI/c16-11-1-3-12(4-2-11)22-5-7-23(8-6-22)15(19)21-10-14(24)20-9-13(17)18;/h1-4,13H,5-10H2,(H2,19,21)(H,20,24);1H. The number of nitrogens with zero attached hydrogens (tertiary/aromatic N) is 3. The second-order valence-corrected chi connectivity index (χ2v) is 5.32. The lowest BCUT2D eigenvalue weighted by Gasteiger charge is -2.36. The number of rotatable bonds is 5. The van der Waals surface area contributed by atoms with Gasteiger partial charge in [0.2, 0.25) is 5.91 Å². The highest BCUT2D eigenvalue weighted by Gasteiger charge is 2.18. The Hall–Kier alpha value is -1.72. The molecule has 0 aromatic heterocycles. The molecule has 0 saturated carbocycles. The van der Waals surface area contributed by atoms with Gasteiger partial charge >= 0.3 is 0 Å². The fourth-order valence-electron chi connectivity index (χ4n) is 2.35. The minimum atomic E-state index is -2.59. The highest BCUT2D eigenvalue weighted by molar-refractivity contribution is 14.0. The van der Waals surface area contributed by atoms with Gasteiger partial charge in [0.15, 0.2) is 5.96 Å². The summed E-state index contributed by atoms with van der Waals surface area (Å²) in [5, 5.41) is 2.06. The maximum Gasteiger partial charge on any atom is 0.255 e. The number of carbonyl (C=O) groups is 1. The number of nitrogens with one attached hydrogen (secondary N) is 1. The van der Waals surface area contributed by atoms with E-state index in [1.807, 2.05) is 4.90 Å². The van der Waals surface area contributed by atoms with Crippen LogP contribution in [0.4, 0.5) is 18.9 Å². The normalized spacial score (nSPS) is 15.1. The quantitative estimate of drug-likeness (QED) is 0.386. The number of piperazine rings is 1. The Morgan fingerprint density at radius 2 is 1.80 bits per heavy atom. The van der Waals surface area contributed by atoms with E-state index in [1.165, 1.54) is 12.1 Å². The van der Waals surface area contributed by atoms with Crippen LogP contribution in [-0.2, 0) is 4.79 Å². The molecular formula is C15H21F3IN5O. The first-order valence-electron chi connectivity index (χ1n) is 7.56. The average molecular weight is 471 g/mol. The van der Waals surface area contributed by atoms with E-state index in [1.54, 1.807) is 12.1 Å². The Bertz CT molecular complexity index is 577. The highest BCUT2D eigenvalue weighted by atomic mass is 127. The van der Waals surface area contributed by atoms with E-state index in [4.69, 9.17) is 5.73 Å². The highest BCUT2D eigenvalue weighted by Crippen LogP contribution is 2.16. The molecule has 0 atom stereocenters. The summed E-state index contributed by atoms with van der Waals surface area (Å²) in [5.74, 6) is -0.664. The van der Waals surface area contributed by atoms with Crippen molar-refractivity contribution in [2.75, 3.05) is 44.2 Å². The fraction of sp³-hybridized carbons (Fsp3) is 0.467. The molecule has 0 spiro atoms. The molecule has 6 nitrogen and oxygen atoms in total. The molecule has 1 aliphatic heterocycles. The first-order chi connectivity index (χ1) is 11.5. The summed E-state index contributed by atoms with van der Waals surface area (Å²) in [6.45, 7) is 1.59. The van der Waals surface area contributed by atoms with Crippen molar-refractivity contribution in [3.8, 4) is 0 Å². The van der Waals surface area contributed by atoms with E-state index in [9.17, 15) is 18.0 Å². The Morgan fingerprint density at radius 3 is 2.36 bits per heavy atom. The van der Waals surface area contributed by atoms with Crippen molar-refractivity contribution in [1.82, 2.24) is 10.2 Å². The number of anilines is 1. The summed E-state index contributed by atoms with van der Waals surface area (Å²) >= 11 is 0. The molecule has 0 radical (unpaired) electrons. The van der Waals surface area contributed by atoms with E-state index in [0.29, 0.717) is 26.2 Å². The summed E-state index contributed by atoms with van der Waals surface area (Å²) < 4.78 is 36.9. The lowest BCUT2D eigenvalue weighted by atomic mass is 10.2. The predicted octanol–water partition coefficient (Wildman–Crippen LogP) is 1.26. The first-order valence-corrected chi connectivity index (χ1v) is 7.56. The zero-order valence-corrected chi connectivity index (χ0v) is 15.8. The number of hydrogen-bond donors (Lipinski definition) is 2. The summed E-state index contributed by atoms with van der Waals surface area (Å²) in [5.41, 5.74) is 6.76. The monoisotopic (exact) mass is 471 g/mol. The molecule has 10 heteroatoms. The molecule has 1 heterocycles. The molecule has 0 aliphatic carbocycles. The van der Waals surface area contributed by atoms with Gasteiger partial charge in [0.05, 0.1) is 6.54 Å². The van der Waals surface area contributed by atoms with E-state index >= 15 is 0 Å². The number of amides is 1. The molecule has 1 aromatic carbocycles. The summed E-state index contributed by atoms with van der Waals surface area (Å²) in [7, 11) is 0. The van der Waals surface area contributed by atoms with Crippen molar-refractivity contribution in [2.24, 2.45) is 10.7 Å². The minimum absolute atomic E-state index is 0. The van der Waals surface area contributed by atoms with Crippen LogP contribution in [0.2, 0.25) is 0 Å². The summed E-state index contributed by atoms with van der Waals surface area (Å²) in [6.07, 6.45) is -2.59. The molecule has 1 aromatic rings. The van der Waals surface area contributed by atoms with Crippen LogP contribution in [0.25, 0.3) is 0 Å². The largest absolute Gasteiger partial charge is 0.370 e. The molecule has 0 unspecified atom stereocenters. The molecule has 1 fully saturated rings. The number of nitrogens with two attached hydrogens (primary N) is 1. The van der Waals surface area contributed by atoms with Gasteiger partial charge < -0.3 is 20.9 Å². The third kappa shape index (κ3) is 6.96. The summed E-state index contributed by atoms with van der Waals surface area (Å²) in [6, 6.07) is 6.26. The zero-order valence-electron chi connectivity index (χ0n) is 13.5. The van der Waals surface area contributed by atoms with Gasteiger partial charge in [0.1, 0.15) is 12.4 Å². The maximum absolute atomic E-state index is 12.9. The molecule has 3 N–H and O–H groups in total. The van der Waals surface area contributed by atoms with Crippen molar-refractivity contribution < 1.29 is 18.0 Å². The van der Waals surface area contributed by atoms with E-state index in [0.717, 1.165) is 5.69 Å². The number of alkyl halides is 2. The number of hydrogen-bond acceptors (Lipinski definition) is 3. The third-order valence-electron chi connectivity index (χ3n) is 3.63. The van der Waals surface area contributed by atoms with Crippen molar-refractivity contribution in [3.05, 3.63) is 30.1 Å². The molecular weight excluding hydrogens is 450 g/mol. The maximum atomic E-state index is 12.9. The molecule has 1 amide bonds. The number of guanidine groups is 1. The van der Waals surface area contributed by atoms with E-state index in [2.05, 4.69) is 15.2 Å². The van der Waals surface area contributed by atoms with Gasteiger partial charge in [-0.15, -0.1) is 24.0 Å². The van der Waals surface area contributed by atoms with Crippen LogP contribution < -0.4 is 16.0 Å². The lowest BCUT2D eigenvalue weighted by molar-refractivity contribution is -0.120. The third-order valence-corrected chi connectivity index (χ3v) is 3.63. The van der Waals surface area contributed by atoms with Crippen LogP contribution in [0.1, 0.15) is 0 Å². The van der Waals surface area contributed by atoms with Gasteiger partial charge in [-0.1, -0.05) is 0 Å².